The summed E-state index contributed by atoms with van der Waals surface area (Å²) in [6, 6.07) is 5.67. The maximum absolute atomic E-state index is 12.7. The zero-order chi connectivity index (χ0) is 12.5. The Balaban J connectivity index is 2.01. The highest BCUT2D eigenvalue weighted by molar-refractivity contribution is 7.63. The zero-order valence-corrected chi connectivity index (χ0v) is 10.8. The molecule has 1 unspecified atom stereocenters. The summed E-state index contributed by atoms with van der Waals surface area (Å²) in [5.41, 5.74) is 0.542. The third kappa shape index (κ3) is 3.36. The van der Waals surface area contributed by atoms with Crippen LogP contribution in [0.25, 0.3) is 0 Å². The van der Waals surface area contributed by atoms with Gasteiger partial charge >= 0.3 is 0 Å². The molecule has 1 aliphatic heterocycles. The van der Waals surface area contributed by atoms with Crippen molar-refractivity contribution in [3.8, 4) is 0 Å². The van der Waals surface area contributed by atoms with Crippen LogP contribution in [0.4, 0.5) is 10.1 Å². The van der Waals surface area contributed by atoms with Crippen LogP contribution < -0.4 is 15.1 Å². The molecule has 0 radical (unpaired) electrons. The Morgan fingerprint density at radius 3 is 2.59 bits per heavy atom. The van der Waals surface area contributed by atoms with Crippen molar-refractivity contribution in [1.82, 2.24) is 5.09 Å². The smallest absolute Gasteiger partial charge is 0.270 e. The summed E-state index contributed by atoms with van der Waals surface area (Å²) < 4.78 is 18.1. The number of benzene rings is 1. The summed E-state index contributed by atoms with van der Waals surface area (Å²) in [7, 11) is -3.05. The van der Waals surface area contributed by atoms with Crippen LogP contribution >= 0.6 is 8.02 Å². The van der Waals surface area contributed by atoms with Crippen LogP contribution in [0.3, 0.4) is 0 Å². The van der Waals surface area contributed by atoms with Gasteiger partial charge in [0.1, 0.15) is 12.4 Å². The summed E-state index contributed by atoms with van der Waals surface area (Å²) in [5.74, 6) is -0.326. The van der Waals surface area contributed by atoms with Crippen LogP contribution in [0, 0.1) is 11.2 Å². The number of halogens is 1. The molecule has 1 heterocycles. The fourth-order valence-corrected chi connectivity index (χ4v) is 3.34. The first-order chi connectivity index (χ1) is 7.89. The molecule has 0 saturated carbocycles. The van der Waals surface area contributed by atoms with E-state index in [0.717, 1.165) is 0 Å². The Hall–Kier alpha value is -0.740. The molecule has 4 nitrogen and oxygen atoms in total. The molecule has 1 fully saturated rings. The van der Waals surface area contributed by atoms with E-state index in [-0.39, 0.29) is 11.2 Å². The monoisotopic (exact) mass is 258 g/mol. The Kier molecular flexibility index (Phi) is 3.36. The summed E-state index contributed by atoms with van der Waals surface area (Å²) in [5, 5.41) is 5.66. The van der Waals surface area contributed by atoms with Crippen LogP contribution in [0.1, 0.15) is 13.8 Å². The van der Waals surface area contributed by atoms with Crippen molar-refractivity contribution < 1.29 is 13.8 Å². The molecule has 0 aromatic heterocycles. The highest BCUT2D eigenvalue weighted by Crippen LogP contribution is 2.50. The molecule has 0 aliphatic carbocycles. The average Bonchev–Trinajstić information content (AvgIpc) is 2.27. The van der Waals surface area contributed by atoms with E-state index in [1.165, 1.54) is 24.3 Å². The van der Waals surface area contributed by atoms with Crippen LogP contribution in [0.15, 0.2) is 24.3 Å². The maximum atomic E-state index is 12.7. The Morgan fingerprint density at radius 2 is 2.06 bits per heavy atom. The van der Waals surface area contributed by atoms with Gasteiger partial charge in [-0.1, -0.05) is 13.8 Å². The summed E-state index contributed by atoms with van der Waals surface area (Å²) in [6.45, 7) is 5.09. The van der Waals surface area contributed by atoms with Gasteiger partial charge in [-0.05, 0) is 24.3 Å². The zero-order valence-electron chi connectivity index (χ0n) is 9.87. The molecule has 2 rings (SSSR count). The van der Waals surface area contributed by atoms with Gasteiger partial charge in [-0.2, -0.15) is 9.61 Å². The normalized spacial score (nSPS) is 27.8. The van der Waals surface area contributed by atoms with Crippen LogP contribution in [-0.2, 0) is 4.52 Å². The fraction of sp³-hybridized carbons (Fsp3) is 0.455. The number of nitrogens with one attached hydrogen (secondary N) is 2. The van der Waals surface area contributed by atoms with E-state index in [2.05, 4.69) is 10.2 Å². The third-order valence-electron chi connectivity index (χ3n) is 2.52. The Morgan fingerprint density at radius 1 is 1.41 bits per heavy atom. The second-order valence-corrected chi connectivity index (χ2v) is 6.84. The second-order valence-electron chi connectivity index (χ2n) is 4.94. The topological polar surface area (TPSA) is 56.3 Å². The quantitative estimate of drug-likeness (QED) is 0.796. The molecule has 1 aliphatic rings. The maximum Gasteiger partial charge on any atom is 0.270 e. The van der Waals surface area contributed by atoms with E-state index in [4.69, 9.17) is 4.52 Å². The molecule has 6 heteroatoms. The van der Waals surface area contributed by atoms with Gasteiger partial charge in [-0.25, -0.2) is 9.48 Å². The molecule has 2 N–H and O–H groups in total. The van der Waals surface area contributed by atoms with Crippen molar-refractivity contribution in [3.63, 3.8) is 0 Å². The lowest BCUT2D eigenvalue weighted by atomic mass is 9.96. The molecule has 0 amide bonds. The minimum atomic E-state index is -3.05. The number of hydrogen-bond acceptors (Lipinski definition) is 4. The number of hydrogen-bond donors (Lipinski definition) is 2. The van der Waals surface area contributed by atoms with Crippen molar-refractivity contribution in [2.75, 3.05) is 18.2 Å². The lowest BCUT2D eigenvalue weighted by Gasteiger charge is -2.39. The van der Waals surface area contributed by atoms with Crippen molar-refractivity contribution in [1.29, 1.82) is 0 Å². The first kappa shape index (κ1) is 12.7. The average molecular weight is 258 g/mol. The van der Waals surface area contributed by atoms with Crippen molar-refractivity contribution in [2.45, 2.75) is 13.8 Å². The predicted octanol–water partition coefficient (Wildman–Crippen LogP) is 1.92. The van der Waals surface area contributed by atoms with Gasteiger partial charge in [0.2, 0.25) is 0 Å². The van der Waals surface area contributed by atoms with Crippen molar-refractivity contribution in [2.24, 2.45) is 5.41 Å². The standard InChI is InChI=1S/C11H16FN2O2P/c1-11(2)7-13-17(15,16-8-11)14-10-5-3-9(12)4-6-10/h3-6H,7-8H2,1-2H3,(H2,13,14,15). The minimum Gasteiger partial charge on any atom is -0.622 e. The molecule has 94 valence electrons. The Labute approximate surface area is 101 Å². The highest BCUT2D eigenvalue weighted by atomic mass is 31.2. The van der Waals surface area contributed by atoms with Crippen LogP contribution in [0.2, 0.25) is 0 Å². The summed E-state index contributed by atoms with van der Waals surface area (Å²) in [6.07, 6.45) is 0. The van der Waals surface area contributed by atoms with E-state index < -0.39 is 8.02 Å². The molecule has 1 atom stereocenters. The van der Waals surface area contributed by atoms with E-state index in [1.807, 2.05) is 13.8 Å². The van der Waals surface area contributed by atoms with Crippen molar-refractivity contribution in [3.05, 3.63) is 30.1 Å². The first-order valence-corrected chi connectivity index (χ1v) is 7.05. The molecule has 0 bridgehead atoms. The molecule has 1 aromatic carbocycles. The summed E-state index contributed by atoms with van der Waals surface area (Å²) in [4.78, 5) is 12.2. The van der Waals surface area contributed by atoms with E-state index in [0.29, 0.717) is 18.8 Å². The Bertz CT molecular complexity index is 387. The van der Waals surface area contributed by atoms with Crippen molar-refractivity contribution >= 4 is 13.7 Å². The van der Waals surface area contributed by atoms with E-state index in [9.17, 15) is 9.28 Å². The predicted molar refractivity (Wildman–Crippen MR) is 64.7 cm³/mol. The molecule has 1 aromatic rings. The lowest BCUT2D eigenvalue weighted by molar-refractivity contribution is -0.201. The fourth-order valence-electron chi connectivity index (χ4n) is 1.45. The lowest BCUT2D eigenvalue weighted by Crippen LogP contribution is -2.46. The van der Waals surface area contributed by atoms with Gasteiger partial charge in [0.15, 0.2) is 0 Å². The summed E-state index contributed by atoms with van der Waals surface area (Å²) >= 11 is 0. The molecular formula is C11H16FN2O2P. The van der Waals surface area contributed by atoms with Gasteiger partial charge in [0.25, 0.3) is 8.02 Å². The van der Waals surface area contributed by atoms with E-state index >= 15 is 0 Å². The van der Waals surface area contributed by atoms with Gasteiger partial charge in [0.05, 0.1) is 5.69 Å². The third-order valence-corrected chi connectivity index (χ3v) is 4.14. The molecular weight excluding hydrogens is 242 g/mol. The number of anilines is 1. The van der Waals surface area contributed by atoms with Gasteiger partial charge < -0.3 is 4.89 Å². The van der Waals surface area contributed by atoms with Gasteiger partial charge in [0, 0.05) is 12.0 Å². The minimum absolute atomic E-state index is 0.0294. The van der Waals surface area contributed by atoms with Crippen LogP contribution in [0.5, 0.6) is 0 Å². The van der Waals surface area contributed by atoms with E-state index in [1.54, 1.807) is 0 Å². The SMILES string of the molecule is CC1(C)CN[P+]([O-])(Nc2ccc(F)cc2)OC1. The van der Waals surface area contributed by atoms with Gasteiger partial charge in [-0.15, -0.1) is 0 Å². The van der Waals surface area contributed by atoms with Gasteiger partial charge in [-0.3, -0.25) is 0 Å². The largest absolute Gasteiger partial charge is 0.622 e. The van der Waals surface area contributed by atoms with Crippen LogP contribution in [-0.4, -0.2) is 13.2 Å². The first-order valence-electron chi connectivity index (χ1n) is 5.42. The highest BCUT2D eigenvalue weighted by Gasteiger charge is 2.39. The molecule has 1 saturated heterocycles. The molecule has 0 spiro atoms. The number of rotatable bonds is 2. The second kappa shape index (κ2) is 4.50. The molecule has 17 heavy (non-hydrogen) atoms.